The van der Waals surface area contributed by atoms with Crippen molar-refractivity contribution in [2.24, 2.45) is 0 Å². The predicted molar refractivity (Wildman–Crippen MR) is 233 cm³/mol. The molecule has 8 aromatic carbocycles. The monoisotopic (exact) mass is 725 g/mol. The molecular formula is C54H35N3. The third kappa shape index (κ3) is 5.39. The predicted octanol–water partition coefficient (Wildman–Crippen LogP) is 13.1. The Hall–Kier alpha value is -7.49. The van der Waals surface area contributed by atoms with Crippen molar-refractivity contribution in [2.45, 2.75) is 5.41 Å². The Morgan fingerprint density at radius 2 is 0.684 bits per heavy atom. The Labute approximate surface area is 332 Å². The lowest BCUT2D eigenvalue weighted by Crippen LogP contribution is -2.30. The molecule has 1 heterocycles. The number of hydrogen-bond acceptors (Lipinski definition) is 3. The molecule has 2 aliphatic rings. The van der Waals surface area contributed by atoms with Crippen LogP contribution in [-0.2, 0) is 5.41 Å². The summed E-state index contributed by atoms with van der Waals surface area (Å²) in [4.78, 5) is 15.8. The summed E-state index contributed by atoms with van der Waals surface area (Å²) in [5.41, 5.74) is 16.7. The number of fused-ring (bicyclic) bond motifs is 9. The van der Waals surface area contributed by atoms with Crippen molar-refractivity contribution in [2.75, 3.05) is 0 Å². The van der Waals surface area contributed by atoms with Crippen LogP contribution in [0.4, 0.5) is 0 Å². The summed E-state index contributed by atoms with van der Waals surface area (Å²) in [6.45, 7) is 0. The van der Waals surface area contributed by atoms with Crippen LogP contribution in [0.25, 0.3) is 79.7 Å². The number of benzene rings is 8. The molecule has 0 aliphatic heterocycles. The first-order valence-electron chi connectivity index (χ1n) is 19.4. The summed E-state index contributed by atoms with van der Waals surface area (Å²) in [5.74, 6) is 1.89. The molecule has 11 rings (SSSR count). The van der Waals surface area contributed by atoms with Gasteiger partial charge in [0.2, 0.25) is 0 Å². The van der Waals surface area contributed by atoms with E-state index in [0.29, 0.717) is 17.5 Å². The lowest BCUT2D eigenvalue weighted by atomic mass is 9.66. The van der Waals surface area contributed by atoms with Gasteiger partial charge in [0.15, 0.2) is 17.5 Å². The van der Waals surface area contributed by atoms with E-state index < -0.39 is 5.41 Å². The first kappa shape index (κ1) is 32.9. The third-order valence-corrected chi connectivity index (χ3v) is 11.5. The SMILES string of the molecule is C1=Cc2ccccc2C2(c3ccccc31)c1ccccc1-c1ccc(-c3nc(-c4ccccc4)nc(-c4cc(-c5ccccc5)cc(-c5ccccc5)c4)n3)cc12. The van der Waals surface area contributed by atoms with Gasteiger partial charge in [-0.3, -0.25) is 0 Å². The number of rotatable bonds is 5. The third-order valence-electron chi connectivity index (χ3n) is 11.5. The fraction of sp³-hybridized carbons (Fsp3) is 0.0185. The Morgan fingerprint density at radius 3 is 1.26 bits per heavy atom. The molecule has 0 atom stereocenters. The van der Waals surface area contributed by atoms with Crippen LogP contribution in [0.3, 0.4) is 0 Å². The Balaban J connectivity index is 1.17. The molecule has 57 heavy (non-hydrogen) atoms. The molecule has 0 saturated carbocycles. The van der Waals surface area contributed by atoms with E-state index in [1.54, 1.807) is 0 Å². The molecule has 2 aliphatic carbocycles. The van der Waals surface area contributed by atoms with Gasteiger partial charge in [-0.2, -0.15) is 0 Å². The first-order valence-corrected chi connectivity index (χ1v) is 19.4. The smallest absolute Gasteiger partial charge is 0.164 e. The van der Waals surface area contributed by atoms with Gasteiger partial charge in [-0.05, 0) is 91.0 Å². The lowest BCUT2D eigenvalue weighted by Gasteiger charge is -2.35. The summed E-state index contributed by atoms with van der Waals surface area (Å²) in [6.07, 6.45) is 4.54. The fourth-order valence-corrected chi connectivity index (χ4v) is 8.99. The maximum absolute atomic E-state index is 5.35. The van der Waals surface area contributed by atoms with Crippen LogP contribution in [0, 0.1) is 0 Å². The van der Waals surface area contributed by atoms with E-state index in [-0.39, 0.29) is 0 Å². The molecule has 1 spiro atoms. The van der Waals surface area contributed by atoms with E-state index in [9.17, 15) is 0 Å². The molecule has 3 heteroatoms. The first-order chi connectivity index (χ1) is 28.2. The summed E-state index contributed by atoms with van der Waals surface area (Å²) >= 11 is 0. The van der Waals surface area contributed by atoms with Crippen LogP contribution in [0.15, 0.2) is 200 Å². The molecular weight excluding hydrogens is 691 g/mol. The zero-order valence-electron chi connectivity index (χ0n) is 31.0. The summed E-state index contributed by atoms with van der Waals surface area (Å²) in [6, 6.07) is 71.4. The fourth-order valence-electron chi connectivity index (χ4n) is 8.99. The second-order valence-electron chi connectivity index (χ2n) is 14.8. The van der Waals surface area contributed by atoms with Crippen molar-refractivity contribution in [3.8, 4) is 67.5 Å². The topological polar surface area (TPSA) is 38.7 Å². The molecule has 3 nitrogen and oxygen atoms in total. The van der Waals surface area contributed by atoms with Crippen LogP contribution >= 0.6 is 0 Å². The van der Waals surface area contributed by atoms with Crippen LogP contribution < -0.4 is 0 Å². The zero-order valence-corrected chi connectivity index (χ0v) is 31.0. The minimum Gasteiger partial charge on any atom is -0.208 e. The molecule has 0 bridgehead atoms. The van der Waals surface area contributed by atoms with Crippen molar-refractivity contribution >= 4 is 12.2 Å². The maximum atomic E-state index is 5.35. The average Bonchev–Trinajstić information content (AvgIpc) is 3.49. The maximum Gasteiger partial charge on any atom is 0.164 e. The summed E-state index contributed by atoms with van der Waals surface area (Å²) in [7, 11) is 0. The molecule has 0 saturated heterocycles. The summed E-state index contributed by atoms with van der Waals surface area (Å²) < 4.78 is 0. The van der Waals surface area contributed by atoms with E-state index in [4.69, 9.17) is 15.0 Å². The van der Waals surface area contributed by atoms with E-state index in [1.165, 1.54) is 44.5 Å². The largest absolute Gasteiger partial charge is 0.208 e. The van der Waals surface area contributed by atoms with Gasteiger partial charge in [-0.1, -0.05) is 188 Å². The molecule has 9 aromatic rings. The lowest BCUT2D eigenvalue weighted by molar-refractivity contribution is 0.766. The molecule has 266 valence electrons. The van der Waals surface area contributed by atoms with Crippen molar-refractivity contribution in [1.82, 2.24) is 15.0 Å². The van der Waals surface area contributed by atoms with Crippen LogP contribution in [-0.4, -0.2) is 15.0 Å². The molecule has 1 aromatic heterocycles. The highest BCUT2D eigenvalue weighted by Gasteiger charge is 2.48. The van der Waals surface area contributed by atoms with Gasteiger partial charge in [-0.15, -0.1) is 0 Å². The molecule has 0 radical (unpaired) electrons. The van der Waals surface area contributed by atoms with Gasteiger partial charge in [0.1, 0.15) is 0 Å². The second-order valence-corrected chi connectivity index (χ2v) is 14.8. The highest BCUT2D eigenvalue weighted by molar-refractivity contribution is 5.92. The molecule has 0 fully saturated rings. The average molecular weight is 726 g/mol. The van der Waals surface area contributed by atoms with Crippen LogP contribution in [0.2, 0.25) is 0 Å². The van der Waals surface area contributed by atoms with Crippen molar-refractivity contribution in [3.63, 3.8) is 0 Å². The number of hydrogen-bond donors (Lipinski definition) is 0. The molecule has 0 N–H and O–H groups in total. The van der Waals surface area contributed by atoms with E-state index in [1.807, 2.05) is 18.2 Å². The van der Waals surface area contributed by atoms with Gasteiger partial charge in [0.25, 0.3) is 0 Å². The molecule has 0 unspecified atom stereocenters. The van der Waals surface area contributed by atoms with Crippen molar-refractivity contribution in [1.29, 1.82) is 0 Å². The van der Waals surface area contributed by atoms with E-state index in [0.717, 1.165) is 38.9 Å². The van der Waals surface area contributed by atoms with E-state index in [2.05, 4.69) is 194 Å². The van der Waals surface area contributed by atoms with Crippen molar-refractivity contribution in [3.05, 3.63) is 234 Å². The second kappa shape index (κ2) is 13.4. The zero-order chi connectivity index (χ0) is 37.8. The quantitative estimate of drug-likeness (QED) is 0.177. The Kier molecular flexibility index (Phi) is 7.71. The van der Waals surface area contributed by atoms with E-state index >= 15 is 0 Å². The summed E-state index contributed by atoms with van der Waals surface area (Å²) in [5, 5.41) is 0. The Bertz CT molecular complexity index is 2900. The van der Waals surface area contributed by atoms with Gasteiger partial charge >= 0.3 is 0 Å². The number of aromatic nitrogens is 3. The molecule has 0 amide bonds. The van der Waals surface area contributed by atoms with Crippen LogP contribution in [0.5, 0.6) is 0 Å². The standard InChI is InChI=1S/C54H35N3/c1-4-16-36(17-5-1)42-32-43(37-18-6-2-7-19-37)34-44(33-42)53-56-51(40-22-8-3-9-23-40)55-52(57-53)41-30-31-46-45-24-12-15-27-49(45)54(50(46)35-41)47-25-13-10-20-38(47)28-29-39-21-11-14-26-48(39)54/h1-35H. The number of nitrogens with zero attached hydrogens (tertiary/aromatic N) is 3. The minimum absolute atomic E-state index is 0.550. The van der Waals surface area contributed by atoms with Gasteiger partial charge in [0, 0.05) is 16.7 Å². The highest BCUT2D eigenvalue weighted by atomic mass is 15.0. The van der Waals surface area contributed by atoms with Crippen molar-refractivity contribution < 1.29 is 0 Å². The Morgan fingerprint density at radius 1 is 0.263 bits per heavy atom. The highest BCUT2D eigenvalue weighted by Crippen LogP contribution is 2.59. The van der Waals surface area contributed by atoms with Crippen LogP contribution in [0.1, 0.15) is 33.4 Å². The van der Waals surface area contributed by atoms with Gasteiger partial charge in [0.05, 0.1) is 5.41 Å². The minimum atomic E-state index is -0.550. The normalized spacial score (nSPS) is 13.0. The van der Waals surface area contributed by atoms with Gasteiger partial charge in [-0.25, -0.2) is 15.0 Å². The van der Waals surface area contributed by atoms with Gasteiger partial charge < -0.3 is 0 Å².